The van der Waals surface area contributed by atoms with Crippen molar-refractivity contribution in [2.45, 2.75) is 183 Å². The SMILES string of the molecule is CC(C)(C#N)c1c[nH]c2cc(Cl)cnc12.CC(C)(C)OC(=O)n1cc(C(C)(C)C#N)c2ncc(Cl)cc21.CC(C)(CN)c1c[nH]c2cc(Cl)cnc12.CC(C)OC(=O)C(=O)CBr.CC(C)OC(=O)C1=CN(C(=O)c2ccc(F)c(F)c2)CC(C)(C)c2c1[nH]c1cc(Cl)cnc21.CC(C)OC(=O)C1=CNCC(C)(C)c2c1[nH]c1cc(Cl)cnc21.O=C(Cl)c1ccc(F)c(F)c1. The van der Waals surface area contributed by atoms with Crippen LogP contribution in [0.25, 0.3) is 66.3 Å². The number of esters is 3. The van der Waals surface area contributed by atoms with Crippen LogP contribution in [0.3, 0.4) is 0 Å². The van der Waals surface area contributed by atoms with Crippen LogP contribution < -0.4 is 11.1 Å². The molecule has 7 N–H and O–H groups in total. The van der Waals surface area contributed by atoms with Crippen LogP contribution in [0, 0.1) is 45.9 Å². The van der Waals surface area contributed by atoms with Crippen LogP contribution >= 0.6 is 85.5 Å². The smallest absolute Gasteiger partial charge is 0.419 e. The lowest BCUT2D eigenvalue weighted by molar-refractivity contribution is -0.155. The Kier molecular flexibility index (Phi) is 34.0. The number of alkyl halides is 1. The molecule has 12 heterocycles. The third kappa shape index (κ3) is 25.9. The van der Waals surface area contributed by atoms with Crippen LogP contribution in [-0.2, 0) is 65.2 Å². The zero-order chi connectivity index (χ0) is 96.2. The van der Waals surface area contributed by atoms with Crippen molar-refractivity contribution in [1.82, 2.24) is 59.6 Å². The first-order valence-electron chi connectivity index (χ1n) is 39.9. The Morgan fingerprint density at radius 1 is 0.550 bits per heavy atom. The number of amides is 1. The van der Waals surface area contributed by atoms with Crippen LogP contribution in [0.5, 0.6) is 0 Å². The number of nitrogens with zero attached hydrogens (tertiary/aromatic N) is 9. The van der Waals surface area contributed by atoms with Crippen LogP contribution in [0.4, 0.5) is 22.4 Å². The number of aromatic amines is 4. The van der Waals surface area contributed by atoms with E-state index in [2.05, 4.69) is 111 Å². The molecule has 0 saturated heterocycles. The number of hydrogen-bond acceptors (Lipinski definition) is 20. The quantitative estimate of drug-likeness (QED) is 0.0156. The number of nitrogens with two attached hydrogens (primary N) is 1. The average Bonchev–Trinajstić information content (AvgIpc) is 1.59. The number of ketones is 1. The summed E-state index contributed by atoms with van der Waals surface area (Å²) in [4.78, 5) is 119. The number of benzene rings is 2. The molecule has 129 heavy (non-hydrogen) atoms. The van der Waals surface area contributed by atoms with Gasteiger partial charge >= 0.3 is 24.0 Å². The number of nitrogens with one attached hydrogen (secondary N) is 5. The third-order valence-corrected chi connectivity index (χ3v) is 21.2. The summed E-state index contributed by atoms with van der Waals surface area (Å²) in [5.41, 5.74) is 16.6. The van der Waals surface area contributed by atoms with Crippen LogP contribution in [0.2, 0.25) is 25.1 Å². The summed E-state index contributed by atoms with van der Waals surface area (Å²) in [6.45, 7) is 36.8. The molecule has 2 aliphatic rings. The molecule has 14 rings (SSSR count). The molecule has 0 aliphatic carbocycles. The maximum atomic E-state index is 13.8. The standard InChI is InChI=1S/C24H22ClF2N3O3.C17H20ClN3O2.C16H18ClN3O2.C11H14ClN3.C11H10ClN3.C7H3ClF2O.C6H9BrO3/c1-12(2)33-23(32)15-10-30(22(31)13-5-6-16(26)17(27)7-13)11-24(3,4)19-20(15)29-18-8-14(25)9-28-21(18)19;1-9(2)23-16(22)11-7-19-8-17(3,4)13-14(11)21-12-5-10(18)6-20-15(12)13;1-15(2,3)22-14(21)20-8-11(16(4,5)9-18)13-12(20)6-10(17)7-19-13;2*1-11(2,6-13)8-5-14-9-3-7(12)4-15-10(8)9;8-7(11)4-1-2-5(9)6(10)3-4;1-4(2)10-6(9)5(8)3-7/h5-10,12,29H,11H2,1-4H3;5-7,9,19,21H,8H2,1-4H3;6-8H,1-5H3;3-5,14H,6,13H2,1-2H3;3-5,14H,1-2H3;1-3H;4H,3H2,1-2H3. The number of H-pyrrole nitrogens is 4. The van der Waals surface area contributed by atoms with Gasteiger partial charge in [0.25, 0.3) is 16.9 Å². The molecule has 37 heteroatoms. The van der Waals surface area contributed by atoms with Gasteiger partial charge in [0, 0.05) is 137 Å². The number of halogens is 11. The van der Waals surface area contributed by atoms with Crippen LogP contribution in [-0.4, -0.2) is 144 Å². The first-order chi connectivity index (χ1) is 60.1. The Bertz CT molecular complexity index is 6410. The van der Waals surface area contributed by atoms with Crippen molar-refractivity contribution in [3.05, 3.63) is 227 Å². The zero-order valence-electron chi connectivity index (χ0n) is 73.9. The first-order valence-corrected chi connectivity index (χ1v) is 43.3. The minimum atomic E-state index is -1.13. The fourth-order valence-electron chi connectivity index (χ4n) is 13.1. The Morgan fingerprint density at radius 3 is 1.43 bits per heavy atom. The summed E-state index contributed by atoms with van der Waals surface area (Å²) in [5.74, 6) is -7.14. The largest absolute Gasteiger partial charge is 0.459 e. The molecule has 10 aromatic heterocycles. The van der Waals surface area contributed by atoms with E-state index in [1.54, 1.807) is 112 Å². The molecule has 0 bridgehead atoms. The van der Waals surface area contributed by atoms with Crippen molar-refractivity contribution in [1.29, 1.82) is 10.5 Å². The first kappa shape index (κ1) is 103. The highest BCUT2D eigenvalue weighted by Crippen LogP contribution is 2.43. The van der Waals surface area contributed by atoms with Gasteiger partial charge in [0.1, 0.15) is 5.60 Å². The minimum Gasteiger partial charge on any atom is -0.459 e. The van der Waals surface area contributed by atoms with E-state index in [1.807, 2.05) is 66.1 Å². The number of hydrogen-bond donors (Lipinski definition) is 6. The number of rotatable bonds is 13. The summed E-state index contributed by atoms with van der Waals surface area (Å²) in [6.07, 6.45) is 15.0. The highest BCUT2D eigenvalue weighted by atomic mass is 79.9. The molecule has 2 aliphatic heterocycles. The van der Waals surface area contributed by atoms with Crippen molar-refractivity contribution < 1.29 is 70.1 Å². The molecule has 2 aromatic carbocycles. The summed E-state index contributed by atoms with van der Waals surface area (Å²) in [6, 6.07) is 19.0. The lowest BCUT2D eigenvalue weighted by Gasteiger charge is -2.29. The van der Waals surface area contributed by atoms with Gasteiger partial charge in [0.2, 0.25) is 0 Å². The number of carbonyl (C=O) groups excluding carboxylic acids is 7. The third-order valence-electron chi connectivity index (χ3n) is 19.4. The Hall–Kier alpha value is -11.3. The highest BCUT2D eigenvalue weighted by molar-refractivity contribution is 9.09. The van der Waals surface area contributed by atoms with Crippen molar-refractivity contribution >= 4 is 193 Å². The summed E-state index contributed by atoms with van der Waals surface area (Å²) >= 11 is 37.7. The van der Waals surface area contributed by atoms with E-state index in [0.717, 1.165) is 91.4 Å². The predicted molar refractivity (Wildman–Crippen MR) is 497 cm³/mol. The van der Waals surface area contributed by atoms with Gasteiger partial charge < -0.3 is 54.8 Å². The molecule has 26 nitrogen and oxygen atoms in total. The van der Waals surface area contributed by atoms with E-state index in [0.29, 0.717) is 77.1 Å². The molecule has 1 amide bonds. The van der Waals surface area contributed by atoms with Gasteiger partial charge in [-0.25, -0.2) is 36.7 Å². The van der Waals surface area contributed by atoms with E-state index in [9.17, 15) is 56.4 Å². The second-order valence-corrected chi connectivity index (χ2v) is 37.5. The Labute approximate surface area is 780 Å². The molecular formula is C92H96BrCl6F4N15O11. The Balaban J connectivity index is 0.000000193. The molecule has 0 saturated carbocycles. The number of fused-ring (bicyclic) bond motifs is 9. The van der Waals surface area contributed by atoms with Gasteiger partial charge in [-0.2, -0.15) is 10.5 Å². The van der Waals surface area contributed by atoms with Crippen molar-refractivity contribution in [3.8, 4) is 12.1 Å². The van der Waals surface area contributed by atoms with Gasteiger partial charge in [-0.1, -0.05) is 115 Å². The molecule has 12 aromatic rings. The Morgan fingerprint density at radius 2 is 0.969 bits per heavy atom. The van der Waals surface area contributed by atoms with Gasteiger partial charge in [-0.15, -0.1) is 0 Å². The van der Waals surface area contributed by atoms with E-state index in [4.69, 9.17) is 94.8 Å². The molecule has 682 valence electrons. The van der Waals surface area contributed by atoms with Gasteiger partial charge in [-0.3, -0.25) is 43.9 Å². The van der Waals surface area contributed by atoms with Crippen LogP contribution in [0.15, 0.2) is 129 Å². The monoisotopic (exact) mass is 1950 g/mol. The minimum absolute atomic E-state index is 0.0263. The number of nitriles is 2. The number of ether oxygens (including phenoxy) is 4. The topological polar surface area (TPSA) is 378 Å². The molecule has 0 spiro atoms. The summed E-state index contributed by atoms with van der Waals surface area (Å²) < 4.78 is 73.9. The number of Topliss-reactive ketones (excluding diaryl/α,β-unsaturated/α-hetero) is 1. The van der Waals surface area contributed by atoms with Crippen molar-refractivity contribution in [2.24, 2.45) is 5.73 Å². The second kappa shape index (κ2) is 42.5. The lowest BCUT2D eigenvalue weighted by Crippen LogP contribution is -2.37. The fraction of sp³-hybridized carbons (Fsp3) is 0.348. The van der Waals surface area contributed by atoms with Crippen molar-refractivity contribution in [3.63, 3.8) is 0 Å². The average molecular weight is 1960 g/mol. The zero-order valence-corrected chi connectivity index (χ0v) is 80.1. The maximum Gasteiger partial charge on any atom is 0.419 e. The van der Waals surface area contributed by atoms with E-state index >= 15 is 0 Å². The molecule has 0 atom stereocenters. The second-order valence-electron chi connectivity index (χ2n) is 34.5. The summed E-state index contributed by atoms with van der Waals surface area (Å²) in [5, 5.41) is 23.5. The normalized spacial score (nSPS) is 13.3. The molecule has 0 fully saturated rings. The van der Waals surface area contributed by atoms with Gasteiger partial charge in [-0.05, 0) is 168 Å². The number of aromatic nitrogens is 10. The van der Waals surface area contributed by atoms with E-state index in [-0.39, 0.29) is 57.6 Å². The maximum absolute atomic E-state index is 13.8. The molecule has 0 radical (unpaired) electrons. The lowest BCUT2D eigenvalue weighted by atomic mass is 9.83. The van der Waals surface area contributed by atoms with E-state index in [1.165, 1.54) is 34.1 Å². The summed E-state index contributed by atoms with van der Waals surface area (Å²) in [7, 11) is 0. The number of pyridine rings is 5. The molecule has 0 unspecified atom stereocenters. The van der Waals surface area contributed by atoms with Crippen molar-refractivity contribution in [2.75, 3.05) is 25.0 Å². The predicted octanol–water partition coefficient (Wildman–Crippen LogP) is 21.6. The molecular weight excluding hydrogens is 1860 g/mol. The van der Waals surface area contributed by atoms with Gasteiger partial charge in [0.15, 0.2) is 23.3 Å². The highest BCUT2D eigenvalue weighted by Gasteiger charge is 2.40. The number of carbonyl (C=O) groups is 7. The van der Waals surface area contributed by atoms with Crippen LogP contribution in [0.1, 0.15) is 191 Å². The fourth-order valence-corrected chi connectivity index (χ4v) is 14.2. The van der Waals surface area contributed by atoms with Gasteiger partial charge in [0.05, 0.1) is 149 Å². The van der Waals surface area contributed by atoms with E-state index < -0.39 is 86.2 Å².